The molecule has 0 saturated heterocycles. The van der Waals surface area contributed by atoms with E-state index >= 15 is 0 Å². The van der Waals surface area contributed by atoms with Crippen LogP contribution in [0, 0.1) is 0 Å². The number of ether oxygens (including phenoxy) is 2. The normalized spacial score (nSPS) is 13.9. The van der Waals surface area contributed by atoms with Gasteiger partial charge >= 0.3 is 19.8 Å². The van der Waals surface area contributed by atoms with Gasteiger partial charge in [0.1, 0.15) is 6.61 Å². The Morgan fingerprint density at radius 1 is 0.470 bits per heavy atom. The molecule has 0 aliphatic rings. The van der Waals surface area contributed by atoms with Crippen molar-refractivity contribution in [1.29, 1.82) is 0 Å². The van der Waals surface area contributed by atoms with Gasteiger partial charge in [0, 0.05) is 19.4 Å². The van der Waals surface area contributed by atoms with E-state index in [9.17, 15) is 19.0 Å². The Bertz CT molecular complexity index is 1400. The van der Waals surface area contributed by atoms with Gasteiger partial charge in [-0.05, 0) is 96.3 Å². The van der Waals surface area contributed by atoms with E-state index < -0.39 is 32.5 Å². The van der Waals surface area contributed by atoms with Crippen molar-refractivity contribution in [2.24, 2.45) is 5.73 Å². The lowest BCUT2D eigenvalue weighted by Crippen LogP contribution is -2.29. The fourth-order valence-corrected chi connectivity index (χ4v) is 7.61. The molecule has 0 aliphatic carbocycles. The van der Waals surface area contributed by atoms with Crippen LogP contribution in [0.25, 0.3) is 0 Å². The monoisotopic (exact) mass is 942 g/mol. The van der Waals surface area contributed by atoms with Crippen LogP contribution in [0.2, 0.25) is 0 Å². The molecule has 0 bridgehead atoms. The molecule has 10 heteroatoms. The summed E-state index contributed by atoms with van der Waals surface area (Å²) in [5.41, 5.74) is 5.37. The van der Waals surface area contributed by atoms with Gasteiger partial charge in [-0.25, -0.2) is 4.57 Å². The maximum atomic E-state index is 12.7. The summed E-state index contributed by atoms with van der Waals surface area (Å²) in [4.78, 5) is 35.1. The molecule has 0 aliphatic heterocycles. The van der Waals surface area contributed by atoms with Crippen LogP contribution in [-0.4, -0.2) is 49.3 Å². The molecule has 2 unspecified atom stereocenters. The zero-order valence-corrected chi connectivity index (χ0v) is 42.8. The Morgan fingerprint density at radius 2 is 0.833 bits per heavy atom. The highest BCUT2D eigenvalue weighted by molar-refractivity contribution is 7.47. The number of hydrogen-bond donors (Lipinski definition) is 2. The largest absolute Gasteiger partial charge is 0.472 e. The van der Waals surface area contributed by atoms with E-state index in [1.54, 1.807) is 0 Å². The average Bonchev–Trinajstić information content (AvgIpc) is 3.31. The van der Waals surface area contributed by atoms with E-state index in [4.69, 9.17) is 24.3 Å². The Labute approximate surface area is 404 Å². The molecule has 0 aromatic rings. The summed E-state index contributed by atoms with van der Waals surface area (Å²) in [6, 6.07) is 0. The number of phosphoric ester groups is 1. The van der Waals surface area contributed by atoms with Crippen LogP contribution < -0.4 is 5.73 Å². The van der Waals surface area contributed by atoms with Crippen molar-refractivity contribution >= 4 is 19.8 Å². The second-order valence-corrected chi connectivity index (χ2v) is 18.5. The van der Waals surface area contributed by atoms with Gasteiger partial charge in [-0.15, -0.1) is 0 Å². The average molecular weight is 942 g/mol. The van der Waals surface area contributed by atoms with E-state index in [0.717, 1.165) is 109 Å². The summed E-state index contributed by atoms with van der Waals surface area (Å²) < 4.78 is 32.9. The molecule has 0 saturated carbocycles. The predicted octanol–water partition coefficient (Wildman–Crippen LogP) is 16.1. The Hall–Kier alpha value is -3.07. The summed E-state index contributed by atoms with van der Waals surface area (Å²) in [6.07, 6.45) is 67.3. The van der Waals surface area contributed by atoms with Crippen LogP contribution in [0.5, 0.6) is 0 Å². The second kappa shape index (κ2) is 51.3. The minimum Gasteiger partial charge on any atom is -0.462 e. The summed E-state index contributed by atoms with van der Waals surface area (Å²) in [6.45, 7) is 3.59. The van der Waals surface area contributed by atoms with Crippen LogP contribution in [0.15, 0.2) is 97.2 Å². The number of rotatable bonds is 48. The van der Waals surface area contributed by atoms with Crippen molar-refractivity contribution in [2.45, 2.75) is 219 Å². The van der Waals surface area contributed by atoms with Crippen LogP contribution in [0.1, 0.15) is 213 Å². The summed E-state index contributed by atoms with van der Waals surface area (Å²) in [5.74, 6) is -0.860. The van der Waals surface area contributed by atoms with Crippen molar-refractivity contribution in [3.8, 4) is 0 Å². The van der Waals surface area contributed by atoms with Gasteiger partial charge in [-0.2, -0.15) is 0 Å². The molecule has 0 fully saturated rings. The van der Waals surface area contributed by atoms with Crippen LogP contribution in [0.3, 0.4) is 0 Å². The molecule has 0 radical (unpaired) electrons. The lowest BCUT2D eigenvalue weighted by Gasteiger charge is -2.19. The second-order valence-electron chi connectivity index (χ2n) is 17.0. The highest BCUT2D eigenvalue weighted by Gasteiger charge is 2.26. The maximum absolute atomic E-state index is 12.7. The number of nitrogens with two attached hydrogens (primary N) is 1. The highest BCUT2D eigenvalue weighted by atomic mass is 31.2. The van der Waals surface area contributed by atoms with Crippen molar-refractivity contribution in [2.75, 3.05) is 26.4 Å². The number of allylic oxidation sites excluding steroid dienone is 16. The van der Waals surface area contributed by atoms with Crippen molar-refractivity contribution < 1.29 is 37.6 Å². The van der Waals surface area contributed by atoms with Crippen LogP contribution in [0.4, 0.5) is 0 Å². The van der Waals surface area contributed by atoms with Crippen molar-refractivity contribution in [3.63, 3.8) is 0 Å². The van der Waals surface area contributed by atoms with Gasteiger partial charge in [0.2, 0.25) is 0 Å². The van der Waals surface area contributed by atoms with E-state index in [-0.39, 0.29) is 32.6 Å². The Morgan fingerprint density at radius 3 is 1.26 bits per heavy atom. The lowest BCUT2D eigenvalue weighted by molar-refractivity contribution is -0.161. The molecular formula is C56H96NO8P. The first-order chi connectivity index (χ1) is 32.3. The minimum atomic E-state index is -4.40. The van der Waals surface area contributed by atoms with Crippen molar-refractivity contribution in [3.05, 3.63) is 97.2 Å². The van der Waals surface area contributed by atoms with Gasteiger partial charge in [0.25, 0.3) is 0 Å². The van der Waals surface area contributed by atoms with Gasteiger partial charge in [0.15, 0.2) is 6.10 Å². The first kappa shape index (κ1) is 62.9. The maximum Gasteiger partial charge on any atom is 0.472 e. The summed E-state index contributed by atoms with van der Waals surface area (Å²) in [5, 5.41) is 0. The highest BCUT2D eigenvalue weighted by Crippen LogP contribution is 2.43. The zero-order valence-electron chi connectivity index (χ0n) is 41.9. The predicted molar refractivity (Wildman–Crippen MR) is 279 cm³/mol. The zero-order chi connectivity index (χ0) is 48.1. The first-order valence-corrected chi connectivity index (χ1v) is 27.7. The summed E-state index contributed by atoms with van der Waals surface area (Å²) in [7, 11) is -4.40. The molecule has 378 valence electrons. The third-order valence-electron chi connectivity index (χ3n) is 10.7. The Balaban J connectivity index is 4.13. The van der Waals surface area contributed by atoms with Crippen LogP contribution >= 0.6 is 7.82 Å². The number of esters is 2. The number of hydrogen-bond acceptors (Lipinski definition) is 8. The minimum absolute atomic E-state index is 0.0444. The topological polar surface area (TPSA) is 134 Å². The molecule has 3 N–H and O–H groups in total. The standard InChI is InChI=1S/C56H96NO8P/c1-3-5-7-9-11-13-15-17-19-21-23-24-25-26-27-28-29-30-31-33-35-37-39-41-43-45-47-49-56(59)65-54(53-64-66(60,61)63-51-50-57)52-62-55(58)48-46-44-42-40-38-36-34-32-22-20-18-16-14-12-10-8-6-4-2/h5,7,11,13,17,19-20,22-24,26-27,29-30,33,35,54H,3-4,6,8-10,12,14-16,18,21,25,28,31-32,34,36-53,57H2,1-2H3,(H,60,61)/b7-5-,13-11-,19-17-,22-20-,24-23-,27-26-,30-29-,35-33-. The van der Waals surface area contributed by atoms with Crippen molar-refractivity contribution in [1.82, 2.24) is 0 Å². The first-order valence-electron chi connectivity index (χ1n) is 26.2. The molecule has 0 amide bonds. The Kier molecular flexibility index (Phi) is 48.9. The third-order valence-corrected chi connectivity index (χ3v) is 11.7. The van der Waals surface area contributed by atoms with Gasteiger partial charge in [0.05, 0.1) is 13.2 Å². The van der Waals surface area contributed by atoms with E-state index in [0.29, 0.717) is 6.42 Å². The number of carbonyl (C=O) groups is 2. The van der Waals surface area contributed by atoms with E-state index in [1.165, 1.54) is 70.6 Å². The SMILES string of the molecule is CC/C=C\C/C=C\C/C=C\C/C=C\C/C=C\C/C=C\C/C=C\CCCCCCCC(=O)OC(COC(=O)CCCCCCCCC/C=C\CCCCCCCCC)COP(=O)(O)OCCN. The molecule has 0 spiro atoms. The smallest absolute Gasteiger partial charge is 0.462 e. The van der Waals surface area contributed by atoms with E-state index in [2.05, 4.69) is 111 Å². The molecule has 0 heterocycles. The molecule has 2 atom stereocenters. The lowest BCUT2D eigenvalue weighted by atomic mass is 10.1. The number of unbranched alkanes of at least 4 members (excludes halogenated alkanes) is 19. The fraction of sp³-hybridized carbons (Fsp3) is 0.679. The van der Waals surface area contributed by atoms with Crippen LogP contribution in [-0.2, 0) is 32.7 Å². The summed E-state index contributed by atoms with van der Waals surface area (Å²) >= 11 is 0. The van der Waals surface area contributed by atoms with Gasteiger partial charge in [-0.3, -0.25) is 18.6 Å². The molecule has 66 heavy (non-hydrogen) atoms. The number of phosphoric acid groups is 1. The molecular weight excluding hydrogens is 846 g/mol. The number of carbonyl (C=O) groups excluding carboxylic acids is 2. The molecule has 0 aromatic heterocycles. The molecule has 0 aromatic carbocycles. The molecule has 9 nitrogen and oxygen atoms in total. The quantitative estimate of drug-likeness (QED) is 0.0265. The van der Waals surface area contributed by atoms with Gasteiger partial charge < -0.3 is 20.1 Å². The third kappa shape index (κ3) is 50.3. The van der Waals surface area contributed by atoms with Gasteiger partial charge in [-0.1, -0.05) is 201 Å². The fourth-order valence-electron chi connectivity index (χ4n) is 6.84. The van der Waals surface area contributed by atoms with E-state index in [1.807, 2.05) is 0 Å². The molecule has 0 rings (SSSR count).